The molecule has 3 fully saturated rings. The maximum atomic E-state index is 12.3. The summed E-state index contributed by atoms with van der Waals surface area (Å²) in [7, 11) is 0. The van der Waals surface area contributed by atoms with E-state index in [4.69, 9.17) is 0 Å². The Hall–Kier alpha value is -4.72. The number of hydrogen-bond donors (Lipinski definition) is 8. The van der Waals surface area contributed by atoms with Gasteiger partial charge >= 0.3 is 0 Å². The average molecular weight is 709 g/mol. The molecule has 0 spiro atoms. The molecule has 0 radical (unpaired) electrons. The number of rotatable bonds is 8. The van der Waals surface area contributed by atoms with Gasteiger partial charge in [-0.25, -0.2) is 0 Å². The third-order valence-electron chi connectivity index (χ3n) is 12.6. The van der Waals surface area contributed by atoms with E-state index in [0.29, 0.717) is 22.3 Å². The second-order valence-corrected chi connectivity index (χ2v) is 15.6. The predicted octanol–water partition coefficient (Wildman–Crippen LogP) is 9.86. The van der Waals surface area contributed by atoms with Crippen molar-refractivity contribution in [2.45, 2.75) is 126 Å². The fourth-order valence-corrected chi connectivity index (χ4v) is 9.79. The van der Waals surface area contributed by atoms with Crippen molar-refractivity contribution in [3.8, 4) is 46.0 Å². The highest BCUT2D eigenvalue weighted by Gasteiger charge is 2.43. The van der Waals surface area contributed by atoms with Gasteiger partial charge in [0.25, 0.3) is 0 Å². The van der Waals surface area contributed by atoms with Gasteiger partial charge in [-0.2, -0.15) is 0 Å². The highest BCUT2D eigenvalue weighted by Crippen LogP contribution is 2.56. The van der Waals surface area contributed by atoms with Gasteiger partial charge in [-0.3, -0.25) is 0 Å². The zero-order valence-corrected chi connectivity index (χ0v) is 29.9. The molecule has 0 unspecified atom stereocenters. The normalized spacial score (nSPS) is 18.4. The Balaban J connectivity index is 1.41. The van der Waals surface area contributed by atoms with Gasteiger partial charge in [-0.05, 0) is 84.7 Å². The van der Waals surface area contributed by atoms with Crippen molar-refractivity contribution in [3.63, 3.8) is 0 Å². The van der Waals surface area contributed by atoms with Gasteiger partial charge in [-0.1, -0.05) is 94.2 Å². The van der Waals surface area contributed by atoms with Crippen LogP contribution in [0.4, 0.5) is 0 Å². The number of phenols is 8. The van der Waals surface area contributed by atoms with Gasteiger partial charge in [0.2, 0.25) is 11.5 Å². The number of aromatic hydroxyl groups is 8. The van der Waals surface area contributed by atoms with E-state index >= 15 is 0 Å². The maximum absolute atomic E-state index is 12.3. The topological polar surface area (TPSA) is 162 Å². The Bertz CT molecular complexity index is 1800. The Morgan fingerprint density at radius 3 is 1.13 bits per heavy atom. The number of hydrogen-bond acceptors (Lipinski definition) is 8. The van der Waals surface area contributed by atoms with Crippen LogP contribution in [-0.4, -0.2) is 40.9 Å². The van der Waals surface area contributed by atoms with Gasteiger partial charge in [0.05, 0.1) is 0 Å². The first-order valence-corrected chi connectivity index (χ1v) is 19.3. The molecule has 4 aromatic rings. The van der Waals surface area contributed by atoms with Crippen LogP contribution in [0.5, 0.6) is 46.0 Å². The van der Waals surface area contributed by atoms with Crippen LogP contribution in [0.25, 0.3) is 0 Å². The Kier molecular flexibility index (Phi) is 10.1. The minimum atomic E-state index is -0.571. The molecule has 0 bridgehead atoms. The molecular weight excluding hydrogens is 656 g/mol. The van der Waals surface area contributed by atoms with E-state index in [9.17, 15) is 40.9 Å². The molecule has 0 aromatic heterocycles. The monoisotopic (exact) mass is 708 g/mol. The SMILES string of the molecule is Oc1ccc(Cc2ccc(C3(c4ccc(Cc5ccc(O)c(O)c5O)c(O)c4C4CCCCC4)CCCCC3)c(C3CCCCC3)c2O)c(O)c1O. The van der Waals surface area contributed by atoms with E-state index in [-0.39, 0.29) is 36.2 Å². The predicted molar refractivity (Wildman–Crippen MR) is 200 cm³/mol. The van der Waals surface area contributed by atoms with Crippen molar-refractivity contribution >= 4 is 0 Å². The van der Waals surface area contributed by atoms with E-state index < -0.39 is 39.9 Å². The van der Waals surface area contributed by atoms with Crippen molar-refractivity contribution in [2.75, 3.05) is 0 Å². The van der Waals surface area contributed by atoms with Crippen LogP contribution in [0.15, 0.2) is 48.5 Å². The van der Waals surface area contributed by atoms with Crippen molar-refractivity contribution in [3.05, 3.63) is 93.0 Å². The first kappa shape index (κ1) is 35.7. The second kappa shape index (κ2) is 14.7. The molecule has 0 heterocycles. The summed E-state index contributed by atoms with van der Waals surface area (Å²) in [4.78, 5) is 0. The van der Waals surface area contributed by atoms with Gasteiger partial charge in [0.15, 0.2) is 23.0 Å². The maximum Gasteiger partial charge on any atom is 0.200 e. The lowest BCUT2D eigenvalue weighted by Crippen LogP contribution is -2.34. The second-order valence-electron chi connectivity index (χ2n) is 15.6. The van der Waals surface area contributed by atoms with Crippen LogP contribution < -0.4 is 0 Å². The summed E-state index contributed by atoms with van der Waals surface area (Å²) in [6, 6.07) is 14.1. The van der Waals surface area contributed by atoms with E-state index in [1.807, 2.05) is 12.1 Å². The third kappa shape index (κ3) is 6.45. The number of benzene rings is 4. The summed E-state index contributed by atoms with van der Waals surface area (Å²) in [5.74, 6) is -1.97. The fourth-order valence-electron chi connectivity index (χ4n) is 9.79. The van der Waals surface area contributed by atoms with Crippen LogP contribution in [-0.2, 0) is 18.3 Å². The van der Waals surface area contributed by atoms with E-state index in [2.05, 4.69) is 12.1 Å². The number of phenolic OH excluding ortho intramolecular Hbond substituents is 8. The molecule has 0 amide bonds. The first-order chi connectivity index (χ1) is 25.1. The molecule has 0 atom stereocenters. The molecule has 8 nitrogen and oxygen atoms in total. The van der Waals surface area contributed by atoms with Crippen LogP contribution in [0.3, 0.4) is 0 Å². The minimum absolute atomic E-state index is 0.153. The molecule has 3 saturated carbocycles. The van der Waals surface area contributed by atoms with Gasteiger partial charge < -0.3 is 40.9 Å². The highest BCUT2D eigenvalue weighted by atomic mass is 16.3. The van der Waals surface area contributed by atoms with Crippen LogP contribution in [0.1, 0.15) is 153 Å². The summed E-state index contributed by atoms with van der Waals surface area (Å²) in [6.07, 6.45) is 15.8. The van der Waals surface area contributed by atoms with E-state index in [0.717, 1.165) is 119 Å². The first-order valence-electron chi connectivity index (χ1n) is 19.3. The molecule has 8 heteroatoms. The molecule has 3 aliphatic carbocycles. The standard InChI is InChI=1S/C44H52O8/c45-34-20-16-30(40(49)42(34)51)24-28-14-18-32(36(38(28)47)26-10-4-1-5-11-26)44(22-8-3-9-23-44)33-19-15-29(25-31-17-21-35(46)43(52)41(31)50)39(48)37(33)27-12-6-2-7-13-27/h14-21,26-27,45-52H,1-13,22-25H2. The summed E-state index contributed by atoms with van der Waals surface area (Å²) in [5.41, 5.74) is 5.82. The fraction of sp³-hybridized carbons (Fsp3) is 0.455. The van der Waals surface area contributed by atoms with Gasteiger partial charge in [0.1, 0.15) is 11.5 Å². The molecule has 0 aliphatic heterocycles. The zero-order chi connectivity index (χ0) is 36.6. The summed E-state index contributed by atoms with van der Waals surface area (Å²) in [5, 5.41) is 86.4. The molecule has 7 rings (SSSR count). The molecule has 0 saturated heterocycles. The third-order valence-corrected chi connectivity index (χ3v) is 12.6. The summed E-state index contributed by atoms with van der Waals surface area (Å²) in [6.45, 7) is 0. The smallest absolute Gasteiger partial charge is 0.200 e. The molecule has 3 aliphatic rings. The molecule has 52 heavy (non-hydrogen) atoms. The van der Waals surface area contributed by atoms with Crippen molar-refractivity contribution in [1.29, 1.82) is 0 Å². The van der Waals surface area contributed by atoms with Crippen LogP contribution in [0, 0.1) is 0 Å². The van der Waals surface area contributed by atoms with Crippen molar-refractivity contribution < 1.29 is 40.9 Å². The minimum Gasteiger partial charge on any atom is -0.507 e. The molecule has 276 valence electrons. The summed E-state index contributed by atoms with van der Waals surface area (Å²) >= 11 is 0. The van der Waals surface area contributed by atoms with Gasteiger partial charge in [0, 0.05) is 40.5 Å². The van der Waals surface area contributed by atoms with Gasteiger partial charge in [-0.15, -0.1) is 0 Å². The highest BCUT2D eigenvalue weighted by molar-refractivity contribution is 5.62. The molecule has 8 N–H and O–H groups in total. The Labute approximate surface area is 305 Å². The largest absolute Gasteiger partial charge is 0.507 e. The zero-order valence-electron chi connectivity index (χ0n) is 29.9. The Morgan fingerprint density at radius 1 is 0.385 bits per heavy atom. The van der Waals surface area contributed by atoms with Crippen molar-refractivity contribution in [2.24, 2.45) is 0 Å². The van der Waals surface area contributed by atoms with Crippen LogP contribution in [0.2, 0.25) is 0 Å². The lowest BCUT2D eigenvalue weighted by molar-refractivity contribution is 0.324. The van der Waals surface area contributed by atoms with Crippen LogP contribution >= 0.6 is 0 Å². The lowest BCUT2D eigenvalue weighted by atomic mass is 9.60. The van der Waals surface area contributed by atoms with E-state index in [1.54, 1.807) is 12.1 Å². The Morgan fingerprint density at radius 2 is 0.731 bits per heavy atom. The van der Waals surface area contributed by atoms with E-state index in [1.165, 1.54) is 12.1 Å². The average Bonchev–Trinajstić information content (AvgIpc) is 3.17. The van der Waals surface area contributed by atoms with Crippen molar-refractivity contribution in [1.82, 2.24) is 0 Å². The molecular formula is C44H52O8. The lowest BCUT2D eigenvalue weighted by Gasteiger charge is -2.44. The quantitative estimate of drug-likeness (QED) is 0.0839. The molecule has 4 aromatic carbocycles. The summed E-state index contributed by atoms with van der Waals surface area (Å²) < 4.78 is 0.